The smallest absolute Gasteiger partial charge is 0.331 e. The Balaban J connectivity index is 1.82. The molecule has 0 spiro atoms. The SMILES string of the molecule is O=C(O)C1(n2ccnn2)CCCC(C2CCOCC2)C1. The van der Waals surface area contributed by atoms with E-state index in [0.717, 1.165) is 38.9 Å². The zero-order chi connectivity index (χ0) is 14.0. The minimum absolute atomic E-state index is 0.452. The van der Waals surface area contributed by atoms with Crippen LogP contribution in [-0.4, -0.2) is 39.3 Å². The molecule has 1 N–H and O–H groups in total. The molecule has 0 amide bonds. The van der Waals surface area contributed by atoms with Crippen LogP contribution in [0.1, 0.15) is 38.5 Å². The maximum absolute atomic E-state index is 11.9. The van der Waals surface area contributed by atoms with Crippen LogP contribution < -0.4 is 0 Å². The number of aliphatic carboxylic acids is 1. The molecule has 3 rings (SSSR count). The summed E-state index contributed by atoms with van der Waals surface area (Å²) < 4.78 is 6.97. The third kappa shape index (κ3) is 2.32. The molecule has 2 heterocycles. The second kappa shape index (κ2) is 5.52. The highest BCUT2D eigenvalue weighted by Crippen LogP contribution is 2.43. The third-order valence-corrected chi connectivity index (χ3v) is 4.96. The molecule has 110 valence electrons. The quantitative estimate of drug-likeness (QED) is 0.910. The summed E-state index contributed by atoms with van der Waals surface area (Å²) >= 11 is 0. The van der Waals surface area contributed by atoms with Gasteiger partial charge in [-0.3, -0.25) is 0 Å². The zero-order valence-corrected chi connectivity index (χ0v) is 11.6. The van der Waals surface area contributed by atoms with E-state index in [-0.39, 0.29) is 0 Å². The maximum Gasteiger partial charge on any atom is 0.331 e. The molecule has 2 aliphatic rings. The van der Waals surface area contributed by atoms with Crippen molar-refractivity contribution in [1.29, 1.82) is 0 Å². The predicted octanol–water partition coefficient (Wildman–Crippen LogP) is 1.67. The summed E-state index contributed by atoms with van der Waals surface area (Å²) in [6, 6.07) is 0. The Kier molecular flexibility index (Phi) is 3.74. The van der Waals surface area contributed by atoms with E-state index in [9.17, 15) is 9.90 Å². The average Bonchev–Trinajstić information content (AvgIpc) is 3.03. The Hall–Kier alpha value is -1.43. The molecule has 20 heavy (non-hydrogen) atoms. The van der Waals surface area contributed by atoms with Crippen molar-refractivity contribution in [3.05, 3.63) is 12.4 Å². The van der Waals surface area contributed by atoms with Gasteiger partial charge < -0.3 is 9.84 Å². The van der Waals surface area contributed by atoms with Gasteiger partial charge in [0.15, 0.2) is 5.54 Å². The summed E-state index contributed by atoms with van der Waals surface area (Å²) in [5.74, 6) is 0.263. The van der Waals surface area contributed by atoms with Gasteiger partial charge in [-0.15, -0.1) is 5.10 Å². The lowest BCUT2D eigenvalue weighted by molar-refractivity contribution is -0.152. The van der Waals surface area contributed by atoms with E-state index in [1.165, 1.54) is 0 Å². The molecule has 1 aliphatic carbocycles. The van der Waals surface area contributed by atoms with Crippen LogP contribution in [0.3, 0.4) is 0 Å². The van der Waals surface area contributed by atoms with E-state index in [1.807, 2.05) is 0 Å². The summed E-state index contributed by atoms with van der Waals surface area (Å²) in [6.45, 7) is 1.62. The summed E-state index contributed by atoms with van der Waals surface area (Å²) in [5, 5.41) is 17.5. The molecule has 1 saturated heterocycles. The Labute approximate surface area is 118 Å². The monoisotopic (exact) mass is 279 g/mol. The summed E-state index contributed by atoms with van der Waals surface area (Å²) in [6.07, 6.45) is 8.71. The fraction of sp³-hybridized carbons (Fsp3) is 0.786. The number of carboxylic acids is 1. The van der Waals surface area contributed by atoms with Crippen molar-refractivity contribution in [1.82, 2.24) is 15.0 Å². The Morgan fingerprint density at radius 2 is 2.10 bits per heavy atom. The fourth-order valence-corrected chi connectivity index (χ4v) is 3.82. The fourth-order valence-electron chi connectivity index (χ4n) is 3.82. The van der Waals surface area contributed by atoms with Crippen LogP contribution in [0.25, 0.3) is 0 Å². The number of rotatable bonds is 3. The number of hydrogen-bond acceptors (Lipinski definition) is 4. The molecule has 2 atom stereocenters. The van der Waals surface area contributed by atoms with Gasteiger partial charge in [0, 0.05) is 19.4 Å². The largest absolute Gasteiger partial charge is 0.479 e. The van der Waals surface area contributed by atoms with Crippen LogP contribution >= 0.6 is 0 Å². The molecule has 0 aromatic carbocycles. The Morgan fingerprint density at radius 3 is 2.75 bits per heavy atom. The molecule has 1 saturated carbocycles. The lowest BCUT2D eigenvalue weighted by Crippen LogP contribution is -2.47. The van der Waals surface area contributed by atoms with Gasteiger partial charge in [-0.1, -0.05) is 11.6 Å². The Bertz CT molecular complexity index is 456. The normalized spacial score (nSPS) is 32.1. The first-order valence-electron chi connectivity index (χ1n) is 7.40. The van der Waals surface area contributed by atoms with Gasteiger partial charge in [-0.05, 0) is 43.9 Å². The molecule has 0 radical (unpaired) electrons. The molecule has 1 aromatic rings. The van der Waals surface area contributed by atoms with Gasteiger partial charge in [0.2, 0.25) is 0 Å². The van der Waals surface area contributed by atoms with Crippen LogP contribution in [0.2, 0.25) is 0 Å². The van der Waals surface area contributed by atoms with Gasteiger partial charge >= 0.3 is 5.97 Å². The summed E-state index contributed by atoms with van der Waals surface area (Å²) in [4.78, 5) is 11.9. The van der Waals surface area contributed by atoms with E-state index < -0.39 is 11.5 Å². The van der Waals surface area contributed by atoms with Crippen molar-refractivity contribution in [3.8, 4) is 0 Å². The van der Waals surface area contributed by atoms with Crippen molar-refractivity contribution >= 4 is 5.97 Å². The third-order valence-electron chi connectivity index (χ3n) is 4.96. The first-order chi connectivity index (χ1) is 9.72. The molecule has 2 unspecified atom stereocenters. The second-order valence-corrected chi connectivity index (χ2v) is 5.99. The Morgan fingerprint density at radius 1 is 1.30 bits per heavy atom. The number of hydrogen-bond donors (Lipinski definition) is 1. The molecule has 6 nitrogen and oxygen atoms in total. The van der Waals surface area contributed by atoms with Crippen LogP contribution in [0.5, 0.6) is 0 Å². The zero-order valence-electron chi connectivity index (χ0n) is 11.6. The molecule has 0 bridgehead atoms. The molecule has 2 fully saturated rings. The van der Waals surface area contributed by atoms with Gasteiger partial charge in [-0.2, -0.15) is 0 Å². The van der Waals surface area contributed by atoms with Crippen LogP contribution in [0.15, 0.2) is 12.4 Å². The van der Waals surface area contributed by atoms with E-state index >= 15 is 0 Å². The minimum Gasteiger partial charge on any atom is -0.479 e. The van der Waals surface area contributed by atoms with Crippen molar-refractivity contribution in [2.24, 2.45) is 11.8 Å². The average molecular weight is 279 g/mol. The number of carbonyl (C=O) groups is 1. The number of carboxylic acid groups (broad SMARTS) is 1. The lowest BCUT2D eigenvalue weighted by Gasteiger charge is -2.41. The highest BCUT2D eigenvalue weighted by atomic mass is 16.5. The van der Waals surface area contributed by atoms with Gasteiger partial charge in [0.1, 0.15) is 0 Å². The summed E-state index contributed by atoms with van der Waals surface area (Å²) in [5.41, 5.74) is -0.905. The van der Waals surface area contributed by atoms with Crippen molar-refractivity contribution in [3.63, 3.8) is 0 Å². The molecular weight excluding hydrogens is 258 g/mol. The van der Waals surface area contributed by atoms with E-state index in [4.69, 9.17) is 4.74 Å². The predicted molar refractivity (Wildman–Crippen MR) is 71.1 cm³/mol. The van der Waals surface area contributed by atoms with E-state index in [0.29, 0.717) is 24.7 Å². The highest BCUT2D eigenvalue weighted by Gasteiger charge is 2.47. The van der Waals surface area contributed by atoms with Crippen molar-refractivity contribution in [2.75, 3.05) is 13.2 Å². The number of aromatic nitrogens is 3. The molecule has 6 heteroatoms. The van der Waals surface area contributed by atoms with Gasteiger partial charge in [-0.25, -0.2) is 9.48 Å². The second-order valence-electron chi connectivity index (χ2n) is 5.99. The first kappa shape index (κ1) is 13.5. The number of ether oxygens (including phenoxy) is 1. The van der Waals surface area contributed by atoms with Gasteiger partial charge in [0.05, 0.1) is 6.20 Å². The van der Waals surface area contributed by atoms with E-state index in [1.54, 1.807) is 17.1 Å². The van der Waals surface area contributed by atoms with Crippen molar-refractivity contribution < 1.29 is 14.6 Å². The van der Waals surface area contributed by atoms with E-state index in [2.05, 4.69) is 10.3 Å². The first-order valence-corrected chi connectivity index (χ1v) is 7.40. The highest BCUT2D eigenvalue weighted by molar-refractivity contribution is 5.76. The number of nitrogens with zero attached hydrogens (tertiary/aromatic N) is 3. The molecule has 1 aromatic heterocycles. The topological polar surface area (TPSA) is 77.2 Å². The van der Waals surface area contributed by atoms with Crippen molar-refractivity contribution in [2.45, 2.75) is 44.1 Å². The van der Waals surface area contributed by atoms with Crippen LogP contribution in [0, 0.1) is 11.8 Å². The lowest BCUT2D eigenvalue weighted by atomic mass is 9.69. The van der Waals surface area contributed by atoms with Crippen LogP contribution in [0.4, 0.5) is 0 Å². The minimum atomic E-state index is -0.905. The maximum atomic E-state index is 11.9. The standard InChI is InChI=1S/C14H21N3O3/c18-13(19)14(17-7-6-15-16-17)5-1-2-12(10-14)11-3-8-20-9-4-11/h6-7,11-12H,1-5,8-10H2,(H,18,19). The molecule has 1 aliphatic heterocycles. The van der Waals surface area contributed by atoms with Crippen LogP contribution in [-0.2, 0) is 15.1 Å². The summed E-state index contributed by atoms with van der Waals surface area (Å²) in [7, 11) is 0. The van der Waals surface area contributed by atoms with Gasteiger partial charge in [0.25, 0.3) is 0 Å². The molecular formula is C14H21N3O3.